The van der Waals surface area contributed by atoms with Crippen LogP contribution in [0.1, 0.15) is 33.8 Å². The van der Waals surface area contributed by atoms with Gasteiger partial charge in [-0.05, 0) is 37.1 Å². The highest BCUT2D eigenvalue weighted by molar-refractivity contribution is 7.20. The van der Waals surface area contributed by atoms with E-state index in [4.69, 9.17) is 14.6 Å². The van der Waals surface area contributed by atoms with Crippen molar-refractivity contribution in [1.29, 1.82) is 0 Å². The number of carbonyl (C=O) groups excluding carboxylic acids is 1. The molecule has 1 atom stereocenters. The number of aryl methyl sites for hydroxylation is 1. The van der Waals surface area contributed by atoms with Crippen molar-refractivity contribution in [1.82, 2.24) is 15.2 Å². The standard InChI is InChI=1S/C21H23N3O2S.C2HF3O2/c1-3-26-18-8-9-23-20-16(18)12-19(27-20)21(25)24-11-10-22-17(13-24)15-7-5-4-6-14(15)2;3-2(4,5)1(6)7/h4-9,12,17,22H,3,10-11,13H2,1-2H3;(H,6,7). The zero-order valence-electron chi connectivity index (χ0n) is 18.6. The Morgan fingerprint density at radius 3 is 2.65 bits per heavy atom. The maximum Gasteiger partial charge on any atom is 0.490 e. The van der Waals surface area contributed by atoms with Crippen LogP contribution in [-0.4, -0.2) is 59.3 Å². The van der Waals surface area contributed by atoms with Gasteiger partial charge >= 0.3 is 12.1 Å². The maximum absolute atomic E-state index is 13.1. The molecule has 3 aromatic rings. The van der Waals surface area contributed by atoms with Crippen molar-refractivity contribution >= 4 is 33.4 Å². The van der Waals surface area contributed by atoms with E-state index in [1.165, 1.54) is 22.5 Å². The summed E-state index contributed by atoms with van der Waals surface area (Å²) in [6.07, 6.45) is -3.35. The van der Waals surface area contributed by atoms with E-state index in [2.05, 4.69) is 35.4 Å². The first kappa shape index (κ1) is 25.4. The number of hydrogen-bond donors (Lipinski definition) is 2. The van der Waals surface area contributed by atoms with Crippen LogP contribution in [-0.2, 0) is 4.79 Å². The highest BCUT2D eigenvalue weighted by Gasteiger charge is 2.38. The molecule has 3 heterocycles. The van der Waals surface area contributed by atoms with E-state index in [9.17, 15) is 18.0 Å². The van der Waals surface area contributed by atoms with Crippen molar-refractivity contribution in [3.05, 3.63) is 58.6 Å². The molecule has 1 aromatic carbocycles. The number of rotatable bonds is 4. The Morgan fingerprint density at radius 1 is 1.29 bits per heavy atom. The van der Waals surface area contributed by atoms with Gasteiger partial charge < -0.3 is 20.1 Å². The summed E-state index contributed by atoms with van der Waals surface area (Å²) >= 11 is 1.44. The summed E-state index contributed by atoms with van der Waals surface area (Å²) in [5.41, 5.74) is 2.50. The van der Waals surface area contributed by atoms with Crippen LogP contribution in [0.15, 0.2) is 42.6 Å². The van der Waals surface area contributed by atoms with Crippen molar-refractivity contribution in [3.8, 4) is 5.75 Å². The Hall–Kier alpha value is -3.18. The molecule has 1 aliphatic heterocycles. The number of carboxylic acids is 1. The van der Waals surface area contributed by atoms with E-state index < -0.39 is 12.1 Å². The number of aromatic nitrogens is 1. The number of benzene rings is 1. The number of aliphatic carboxylic acids is 1. The van der Waals surface area contributed by atoms with Crippen LogP contribution in [0.3, 0.4) is 0 Å². The average Bonchev–Trinajstić information content (AvgIpc) is 3.24. The Balaban J connectivity index is 0.000000406. The summed E-state index contributed by atoms with van der Waals surface area (Å²) in [5, 5.41) is 11.6. The molecule has 0 saturated carbocycles. The second kappa shape index (κ2) is 10.8. The number of ether oxygens (including phenoxy) is 1. The lowest BCUT2D eigenvalue weighted by Crippen LogP contribution is -2.48. The monoisotopic (exact) mass is 495 g/mol. The van der Waals surface area contributed by atoms with Crippen LogP contribution in [0.4, 0.5) is 13.2 Å². The lowest BCUT2D eigenvalue weighted by molar-refractivity contribution is -0.192. The van der Waals surface area contributed by atoms with Gasteiger partial charge in [0, 0.05) is 25.8 Å². The Morgan fingerprint density at radius 2 is 2.00 bits per heavy atom. The lowest BCUT2D eigenvalue weighted by atomic mass is 9.99. The number of hydrogen-bond acceptors (Lipinski definition) is 6. The van der Waals surface area contributed by atoms with Gasteiger partial charge in [-0.2, -0.15) is 13.2 Å². The van der Waals surface area contributed by atoms with E-state index in [0.717, 1.165) is 27.4 Å². The first-order chi connectivity index (χ1) is 16.1. The van der Waals surface area contributed by atoms with Crippen LogP contribution in [0.2, 0.25) is 0 Å². The minimum absolute atomic E-state index is 0.0699. The molecule has 1 unspecified atom stereocenters. The zero-order chi connectivity index (χ0) is 24.9. The minimum atomic E-state index is -5.08. The largest absolute Gasteiger partial charge is 0.493 e. The van der Waals surface area contributed by atoms with E-state index in [1.54, 1.807) is 6.20 Å². The first-order valence-electron chi connectivity index (χ1n) is 10.5. The van der Waals surface area contributed by atoms with Crippen LogP contribution in [0, 0.1) is 6.92 Å². The van der Waals surface area contributed by atoms with Gasteiger partial charge in [-0.25, -0.2) is 9.78 Å². The smallest absolute Gasteiger partial charge is 0.490 e. The van der Waals surface area contributed by atoms with Crippen LogP contribution >= 0.6 is 11.3 Å². The number of thiophene rings is 1. The fourth-order valence-electron chi connectivity index (χ4n) is 3.58. The molecule has 4 rings (SSSR count). The Bertz CT molecular complexity index is 1170. The van der Waals surface area contributed by atoms with E-state index >= 15 is 0 Å². The predicted octanol–water partition coefficient (Wildman–Crippen LogP) is 4.42. The summed E-state index contributed by atoms with van der Waals surface area (Å²) in [7, 11) is 0. The topological polar surface area (TPSA) is 91.8 Å². The molecule has 2 aromatic heterocycles. The summed E-state index contributed by atoms with van der Waals surface area (Å²) < 4.78 is 37.4. The van der Waals surface area contributed by atoms with Gasteiger partial charge in [-0.3, -0.25) is 4.79 Å². The fourth-order valence-corrected chi connectivity index (χ4v) is 4.56. The number of pyridine rings is 1. The molecule has 0 spiro atoms. The maximum atomic E-state index is 13.1. The number of nitrogens with one attached hydrogen (secondary N) is 1. The molecule has 1 amide bonds. The lowest BCUT2D eigenvalue weighted by Gasteiger charge is -2.34. The quantitative estimate of drug-likeness (QED) is 0.557. The number of carbonyl (C=O) groups is 2. The van der Waals surface area contributed by atoms with Crippen molar-refractivity contribution < 1.29 is 32.6 Å². The summed E-state index contributed by atoms with van der Waals surface area (Å²) in [4.78, 5) is 29.9. The Kier molecular flexibility index (Phi) is 8.11. The van der Waals surface area contributed by atoms with Gasteiger partial charge in [0.15, 0.2) is 0 Å². The van der Waals surface area contributed by atoms with E-state index in [-0.39, 0.29) is 11.9 Å². The van der Waals surface area contributed by atoms with Gasteiger partial charge in [0.05, 0.1) is 22.9 Å². The number of carboxylic acid groups (broad SMARTS) is 1. The molecule has 1 saturated heterocycles. The number of alkyl halides is 3. The molecular formula is C23H24F3N3O4S. The number of halogens is 3. The molecular weight excluding hydrogens is 471 g/mol. The number of nitrogens with zero attached hydrogens (tertiary/aromatic N) is 2. The van der Waals surface area contributed by atoms with Gasteiger partial charge in [0.1, 0.15) is 10.6 Å². The van der Waals surface area contributed by atoms with Gasteiger partial charge in [0.2, 0.25) is 0 Å². The molecule has 0 aliphatic carbocycles. The first-order valence-corrected chi connectivity index (χ1v) is 11.3. The fraction of sp³-hybridized carbons (Fsp3) is 0.348. The Labute approximate surface area is 198 Å². The van der Waals surface area contributed by atoms with Crippen LogP contribution in [0.25, 0.3) is 10.2 Å². The van der Waals surface area contributed by atoms with Gasteiger partial charge in [-0.15, -0.1) is 11.3 Å². The molecule has 0 radical (unpaired) electrons. The van der Waals surface area contributed by atoms with Crippen molar-refractivity contribution in [2.75, 3.05) is 26.2 Å². The van der Waals surface area contributed by atoms with Crippen LogP contribution in [0.5, 0.6) is 5.75 Å². The molecule has 2 N–H and O–H groups in total. The molecule has 1 aliphatic rings. The highest BCUT2D eigenvalue weighted by atomic mass is 32.1. The predicted molar refractivity (Wildman–Crippen MR) is 122 cm³/mol. The summed E-state index contributed by atoms with van der Waals surface area (Å²) in [5.74, 6) is -1.90. The molecule has 11 heteroatoms. The molecule has 34 heavy (non-hydrogen) atoms. The molecule has 7 nitrogen and oxygen atoms in total. The van der Waals surface area contributed by atoms with Crippen LogP contribution < -0.4 is 10.1 Å². The summed E-state index contributed by atoms with van der Waals surface area (Å²) in [6, 6.07) is 12.3. The number of amides is 1. The van der Waals surface area contributed by atoms with Crippen molar-refractivity contribution in [2.24, 2.45) is 0 Å². The highest BCUT2D eigenvalue weighted by Crippen LogP contribution is 2.32. The van der Waals surface area contributed by atoms with Gasteiger partial charge in [0.25, 0.3) is 5.91 Å². The second-order valence-electron chi connectivity index (χ2n) is 7.49. The second-order valence-corrected chi connectivity index (χ2v) is 8.52. The average molecular weight is 496 g/mol. The molecule has 182 valence electrons. The third-order valence-electron chi connectivity index (χ3n) is 5.18. The molecule has 1 fully saturated rings. The number of fused-ring (bicyclic) bond motifs is 1. The van der Waals surface area contributed by atoms with Crippen molar-refractivity contribution in [3.63, 3.8) is 0 Å². The summed E-state index contributed by atoms with van der Waals surface area (Å²) in [6.45, 7) is 6.83. The third-order valence-corrected chi connectivity index (χ3v) is 6.21. The van der Waals surface area contributed by atoms with Crippen molar-refractivity contribution in [2.45, 2.75) is 26.1 Å². The van der Waals surface area contributed by atoms with Gasteiger partial charge in [-0.1, -0.05) is 24.3 Å². The normalized spacial score (nSPS) is 16.0. The minimum Gasteiger partial charge on any atom is -0.493 e. The third kappa shape index (κ3) is 6.03. The SMILES string of the molecule is CCOc1ccnc2sc(C(=O)N3CCNC(c4ccccc4C)C3)cc12.O=C(O)C(F)(F)F. The van der Waals surface area contributed by atoms with E-state index in [1.807, 2.05) is 30.0 Å². The zero-order valence-corrected chi connectivity index (χ0v) is 19.4. The van der Waals surface area contributed by atoms with E-state index in [0.29, 0.717) is 19.7 Å². The number of piperazine rings is 1. The molecule has 0 bridgehead atoms.